The van der Waals surface area contributed by atoms with Gasteiger partial charge in [-0.05, 0) is 68.1 Å². The van der Waals surface area contributed by atoms with E-state index in [-0.39, 0.29) is 16.8 Å². The van der Waals surface area contributed by atoms with Gasteiger partial charge in [0.05, 0.1) is 12.0 Å². The third-order valence-electron chi connectivity index (χ3n) is 4.97. The molecule has 6 nitrogen and oxygen atoms in total. The van der Waals surface area contributed by atoms with Crippen molar-refractivity contribution in [3.8, 4) is 5.75 Å². The van der Waals surface area contributed by atoms with Gasteiger partial charge >= 0.3 is 0 Å². The van der Waals surface area contributed by atoms with E-state index in [1.807, 2.05) is 6.92 Å². The fourth-order valence-electron chi connectivity index (χ4n) is 2.95. The molecule has 3 rings (SSSR count). The topological polar surface area (TPSA) is 75.7 Å². The highest BCUT2D eigenvalue weighted by molar-refractivity contribution is 7.92. The number of amides is 1. The van der Waals surface area contributed by atoms with Crippen LogP contribution < -0.4 is 9.46 Å². The highest BCUT2D eigenvalue weighted by Gasteiger charge is 2.33. The van der Waals surface area contributed by atoms with E-state index in [4.69, 9.17) is 4.74 Å². The number of ether oxygens (including phenoxy) is 1. The number of carbonyl (C=O) groups is 1. The Labute approximate surface area is 160 Å². The maximum absolute atomic E-state index is 12.7. The molecule has 1 saturated carbocycles. The molecule has 1 atom stereocenters. The van der Waals surface area contributed by atoms with Crippen molar-refractivity contribution in [2.75, 3.05) is 18.9 Å². The van der Waals surface area contributed by atoms with E-state index in [9.17, 15) is 13.2 Å². The first-order valence-electron chi connectivity index (χ1n) is 8.86. The average Bonchev–Trinajstić information content (AvgIpc) is 3.52. The molecular formula is C20H24N2O4S. The van der Waals surface area contributed by atoms with Gasteiger partial charge in [0.25, 0.3) is 15.9 Å². The molecule has 1 fully saturated rings. The van der Waals surface area contributed by atoms with Crippen LogP contribution >= 0.6 is 0 Å². The van der Waals surface area contributed by atoms with Crippen LogP contribution in [0.1, 0.15) is 30.1 Å². The number of hydrogen-bond donors (Lipinski definition) is 1. The van der Waals surface area contributed by atoms with Crippen molar-refractivity contribution in [3.63, 3.8) is 0 Å². The van der Waals surface area contributed by atoms with Crippen molar-refractivity contribution >= 4 is 21.6 Å². The lowest BCUT2D eigenvalue weighted by molar-refractivity contribution is 0.0727. The fraction of sp³-hybridized carbons (Fsp3) is 0.350. The number of benzene rings is 2. The van der Waals surface area contributed by atoms with Crippen molar-refractivity contribution in [1.82, 2.24) is 4.90 Å². The quantitative estimate of drug-likeness (QED) is 0.789. The second-order valence-electron chi connectivity index (χ2n) is 6.86. The molecule has 2 aromatic carbocycles. The van der Waals surface area contributed by atoms with Crippen molar-refractivity contribution in [1.29, 1.82) is 0 Å². The van der Waals surface area contributed by atoms with Crippen molar-refractivity contribution in [3.05, 3.63) is 54.1 Å². The SMILES string of the molecule is COc1ccc(NS(=O)(=O)c2cccc(C(=O)N(C)C(C)C3CC3)c2)cc1. The molecule has 0 radical (unpaired) electrons. The lowest BCUT2D eigenvalue weighted by atomic mass is 10.1. The van der Waals surface area contributed by atoms with Gasteiger partial charge in [0, 0.05) is 24.3 Å². The average molecular weight is 388 g/mol. The minimum absolute atomic E-state index is 0.0524. The molecule has 1 aliphatic carbocycles. The van der Waals surface area contributed by atoms with Gasteiger partial charge in [-0.1, -0.05) is 6.07 Å². The van der Waals surface area contributed by atoms with Gasteiger partial charge in [-0.2, -0.15) is 0 Å². The second kappa shape index (κ2) is 7.60. The van der Waals surface area contributed by atoms with Crippen LogP contribution in [0, 0.1) is 5.92 Å². The Bertz CT molecular complexity index is 921. The number of nitrogens with one attached hydrogen (secondary N) is 1. The van der Waals surface area contributed by atoms with Gasteiger partial charge < -0.3 is 9.64 Å². The molecule has 27 heavy (non-hydrogen) atoms. The summed E-state index contributed by atoms with van der Waals surface area (Å²) in [6.45, 7) is 2.03. The molecule has 0 aliphatic heterocycles. The van der Waals surface area contributed by atoms with Crippen LogP contribution in [-0.2, 0) is 10.0 Å². The Morgan fingerprint density at radius 2 is 1.85 bits per heavy atom. The van der Waals surface area contributed by atoms with Gasteiger partial charge in [-0.3, -0.25) is 9.52 Å². The Kier molecular flexibility index (Phi) is 5.41. The van der Waals surface area contributed by atoms with Crippen LogP contribution in [0.25, 0.3) is 0 Å². The van der Waals surface area contributed by atoms with Crippen LogP contribution in [0.2, 0.25) is 0 Å². The lowest BCUT2D eigenvalue weighted by Crippen LogP contribution is -2.36. The molecule has 0 heterocycles. The van der Waals surface area contributed by atoms with E-state index in [0.29, 0.717) is 22.9 Å². The van der Waals surface area contributed by atoms with E-state index < -0.39 is 10.0 Å². The number of nitrogens with zero attached hydrogens (tertiary/aromatic N) is 1. The Morgan fingerprint density at radius 3 is 2.44 bits per heavy atom. The highest BCUT2D eigenvalue weighted by Crippen LogP contribution is 2.35. The summed E-state index contributed by atoms with van der Waals surface area (Å²) in [6, 6.07) is 12.9. The van der Waals surface area contributed by atoms with Crippen molar-refractivity contribution in [2.24, 2.45) is 5.92 Å². The predicted molar refractivity (Wildman–Crippen MR) is 105 cm³/mol. The summed E-state index contributed by atoms with van der Waals surface area (Å²) in [5, 5.41) is 0. The third-order valence-corrected chi connectivity index (χ3v) is 6.35. The van der Waals surface area contributed by atoms with Gasteiger partial charge in [0.2, 0.25) is 0 Å². The summed E-state index contributed by atoms with van der Waals surface area (Å²) in [5.41, 5.74) is 0.787. The number of sulfonamides is 1. The Hall–Kier alpha value is -2.54. The second-order valence-corrected chi connectivity index (χ2v) is 8.54. The monoisotopic (exact) mass is 388 g/mol. The van der Waals surface area contributed by atoms with Gasteiger partial charge in [0.1, 0.15) is 5.75 Å². The van der Waals surface area contributed by atoms with Crippen LogP contribution in [0.15, 0.2) is 53.4 Å². The molecular weight excluding hydrogens is 364 g/mol. The Morgan fingerprint density at radius 1 is 1.19 bits per heavy atom. The zero-order chi connectivity index (χ0) is 19.6. The van der Waals surface area contributed by atoms with Crippen LogP contribution in [-0.4, -0.2) is 39.4 Å². The fourth-order valence-corrected chi connectivity index (χ4v) is 4.06. The van der Waals surface area contributed by atoms with Crippen molar-refractivity contribution in [2.45, 2.75) is 30.7 Å². The van der Waals surface area contributed by atoms with Crippen LogP contribution in [0.5, 0.6) is 5.75 Å². The molecule has 7 heteroatoms. The minimum Gasteiger partial charge on any atom is -0.497 e. The normalized spacial score (nSPS) is 15.1. The first-order valence-corrected chi connectivity index (χ1v) is 10.3. The molecule has 0 bridgehead atoms. The summed E-state index contributed by atoms with van der Waals surface area (Å²) in [5.74, 6) is 1.01. The van der Waals surface area contributed by atoms with E-state index in [1.54, 1.807) is 55.5 Å². The molecule has 0 saturated heterocycles. The maximum Gasteiger partial charge on any atom is 0.261 e. The highest BCUT2D eigenvalue weighted by atomic mass is 32.2. The first kappa shape index (κ1) is 19.2. The van der Waals surface area contributed by atoms with Crippen LogP contribution in [0.3, 0.4) is 0 Å². The molecule has 144 valence electrons. The zero-order valence-electron chi connectivity index (χ0n) is 15.7. The molecule has 0 spiro atoms. The summed E-state index contributed by atoms with van der Waals surface area (Å²) in [4.78, 5) is 14.5. The van der Waals surface area contributed by atoms with E-state index >= 15 is 0 Å². The third kappa shape index (κ3) is 4.42. The molecule has 1 amide bonds. The minimum atomic E-state index is -3.80. The lowest BCUT2D eigenvalue weighted by Gasteiger charge is -2.25. The van der Waals surface area contributed by atoms with Crippen molar-refractivity contribution < 1.29 is 17.9 Å². The summed E-state index contributed by atoms with van der Waals surface area (Å²) in [7, 11) is -0.490. The summed E-state index contributed by atoms with van der Waals surface area (Å²) < 4.78 is 33.0. The predicted octanol–water partition coefficient (Wildman–Crippen LogP) is 3.37. The van der Waals surface area contributed by atoms with Gasteiger partial charge in [-0.25, -0.2) is 8.42 Å². The number of carbonyl (C=O) groups excluding carboxylic acids is 1. The van der Waals surface area contributed by atoms with Gasteiger partial charge in [0.15, 0.2) is 0 Å². The zero-order valence-corrected chi connectivity index (χ0v) is 16.5. The molecule has 1 aliphatic rings. The smallest absolute Gasteiger partial charge is 0.261 e. The largest absolute Gasteiger partial charge is 0.497 e. The molecule has 1 N–H and O–H groups in total. The standard InChI is InChI=1S/C20H24N2O4S/c1-14(15-7-8-15)22(2)20(23)16-5-4-6-19(13-16)27(24,25)21-17-9-11-18(26-3)12-10-17/h4-6,9-15,21H,7-8H2,1-3H3. The van der Waals surface area contributed by atoms with E-state index in [0.717, 1.165) is 12.8 Å². The molecule has 1 unspecified atom stereocenters. The first-order chi connectivity index (χ1) is 12.8. The Balaban J connectivity index is 1.79. The maximum atomic E-state index is 12.7. The molecule has 2 aromatic rings. The number of hydrogen-bond acceptors (Lipinski definition) is 4. The number of methoxy groups -OCH3 is 1. The van der Waals surface area contributed by atoms with E-state index in [2.05, 4.69) is 4.72 Å². The van der Waals surface area contributed by atoms with E-state index in [1.165, 1.54) is 12.1 Å². The molecule has 0 aromatic heterocycles. The summed E-state index contributed by atoms with van der Waals surface area (Å²) in [6.07, 6.45) is 2.28. The number of rotatable bonds is 7. The van der Waals surface area contributed by atoms with Gasteiger partial charge in [-0.15, -0.1) is 0 Å². The summed E-state index contributed by atoms with van der Waals surface area (Å²) >= 11 is 0. The van der Waals surface area contributed by atoms with Crippen LogP contribution in [0.4, 0.5) is 5.69 Å². The number of anilines is 1.